The van der Waals surface area contributed by atoms with Crippen LogP contribution in [0.5, 0.6) is 5.75 Å². The molecule has 0 bridgehead atoms. The third kappa shape index (κ3) is 1.43. The van der Waals surface area contributed by atoms with Gasteiger partial charge in [-0.3, -0.25) is 0 Å². The predicted molar refractivity (Wildman–Crippen MR) is 56.4 cm³/mol. The molecule has 0 unspecified atom stereocenters. The average Bonchev–Trinajstić information content (AvgIpc) is 2.27. The summed E-state index contributed by atoms with van der Waals surface area (Å²) in [6.45, 7) is 3.11. The normalized spacial score (nSPS) is 10.4. The highest BCUT2D eigenvalue weighted by Gasteiger charge is 2.06. The minimum atomic E-state index is 0.908. The maximum atomic E-state index is 5.21. The van der Waals surface area contributed by atoms with Gasteiger partial charge in [0.25, 0.3) is 0 Å². The molecule has 1 aromatic carbocycles. The molecule has 72 valence electrons. The molecule has 0 N–H and O–H groups in total. The lowest BCUT2D eigenvalue weighted by molar-refractivity contribution is -0.667. The molecule has 0 radical (unpaired) electrons. The molecule has 0 saturated heterocycles. The van der Waals surface area contributed by atoms with Crippen LogP contribution in [0.25, 0.3) is 10.9 Å². The monoisotopic (exact) mass is 188 g/mol. The van der Waals surface area contributed by atoms with Gasteiger partial charge in [-0.1, -0.05) is 0 Å². The fraction of sp³-hybridized carbons (Fsp3) is 0.250. The van der Waals surface area contributed by atoms with Crippen LogP contribution < -0.4 is 9.30 Å². The summed E-state index contributed by atoms with van der Waals surface area (Å²) < 4.78 is 7.41. The number of ether oxygens (including phenoxy) is 1. The van der Waals surface area contributed by atoms with Gasteiger partial charge in [0.2, 0.25) is 5.52 Å². The van der Waals surface area contributed by atoms with Crippen LogP contribution in [-0.2, 0) is 6.54 Å². The fourth-order valence-corrected chi connectivity index (χ4v) is 1.65. The Kier molecular flexibility index (Phi) is 2.35. The summed E-state index contributed by atoms with van der Waals surface area (Å²) in [5, 5.41) is 1.25. The molecule has 0 aliphatic carbocycles. The molecule has 2 aromatic rings. The molecule has 1 heterocycles. The minimum absolute atomic E-state index is 0.908. The minimum Gasteiger partial charge on any atom is -0.497 e. The van der Waals surface area contributed by atoms with Crippen molar-refractivity contribution in [1.29, 1.82) is 0 Å². The van der Waals surface area contributed by atoms with E-state index in [1.54, 1.807) is 7.11 Å². The molecule has 0 aliphatic rings. The van der Waals surface area contributed by atoms with Gasteiger partial charge < -0.3 is 4.74 Å². The standard InChI is InChI=1S/C12H14NO/c1-3-13-8-4-5-10-6-7-11(14-2)9-12(10)13/h4-9H,3H2,1-2H3/q+1. The second kappa shape index (κ2) is 3.66. The zero-order chi connectivity index (χ0) is 9.97. The van der Waals surface area contributed by atoms with E-state index in [0.29, 0.717) is 0 Å². The van der Waals surface area contributed by atoms with E-state index in [2.05, 4.69) is 42.0 Å². The Morgan fingerprint density at radius 3 is 2.86 bits per heavy atom. The van der Waals surface area contributed by atoms with Crippen molar-refractivity contribution < 1.29 is 9.30 Å². The van der Waals surface area contributed by atoms with Gasteiger partial charge in [0.1, 0.15) is 12.3 Å². The highest BCUT2D eigenvalue weighted by Crippen LogP contribution is 2.17. The molecular formula is C12H14NO+. The summed E-state index contributed by atoms with van der Waals surface area (Å²) in [5.41, 5.74) is 1.22. The first kappa shape index (κ1) is 9.00. The Morgan fingerprint density at radius 1 is 1.29 bits per heavy atom. The number of hydrogen-bond donors (Lipinski definition) is 0. The summed E-state index contributed by atoms with van der Waals surface area (Å²) in [6.07, 6.45) is 2.09. The molecule has 0 atom stereocenters. The number of pyridine rings is 1. The van der Waals surface area contributed by atoms with E-state index < -0.39 is 0 Å². The topological polar surface area (TPSA) is 13.1 Å². The second-order valence-electron chi connectivity index (χ2n) is 3.22. The van der Waals surface area contributed by atoms with Crippen LogP contribution in [0.1, 0.15) is 6.92 Å². The van der Waals surface area contributed by atoms with E-state index in [4.69, 9.17) is 4.74 Å². The number of benzene rings is 1. The molecule has 0 spiro atoms. The average molecular weight is 188 g/mol. The lowest BCUT2D eigenvalue weighted by Crippen LogP contribution is -2.32. The van der Waals surface area contributed by atoms with Crippen molar-refractivity contribution in [3.05, 3.63) is 36.5 Å². The predicted octanol–water partition coefficient (Wildman–Crippen LogP) is 2.16. The van der Waals surface area contributed by atoms with Crippen molar-refractivity contribution in [3.63, 3.8) is 0 Å². The van der Waals surface area contributed by atoms with Gasteiger partial charge >= 0.3 is 0 Å². The summed E-state index contributed by atoms with van der Waals surface area (Å²) in [6, 6.07) is 10.3. The van der Waals surface area contributed by atoms with Gasteiger partial charge in [-0.25, -0.2) is 0 Å². The first-order chi connectivity index (χ1) is 6.85. The molecule has 0 aliphatic heterocycles. The molecule has 0 saturated carbocycles. The summed E-state index contributed by atoms with van der Waals surface area (Å²) in [5.74, 6) is 0.908. The molecule has 1 aromatic heterocycles. The van der Waals surface area contributed by atoms with E-state index in [0.717, 1.165) is 12.3 Å². The van der Waals surface area contributed by atoms with Gasteiger partial charge in [0.15, 0.2) is 6.20 Å². The zero-order valence-electron chi connectivity index (χ0n) is 8.53. The zero-order valence-corrected chi connectivity index (χ0v) is 8.53. The molecule has 0 fully saturated rings. The fourth-order valence-electron chi connectivity index (χ4n) is 1.65. The summed E-state index contributed by atoms with van der Waals surface area (Å²) >= 11 is 0. The maximum absolute atomic E-state index is 5.21. The van der Waals surface area contributed by atoms with E-state index in [1.807, 2.05) is 6.07 Å². The second-order valence-corrected chi connectivity index (χ2v) is 3.22. The summed E-state index contributed by atoms with van der Waals surface area (Å²) in [4.78, 5) is 0. The first-order valence-corrected chi connectivity index (χ1v) is 4.81. The largest absolute Gasteiger partial charge is 0.497 e. The highest BCUT2D eigenvalue weighted by atomic mass is 16.5. The van der Waals surface area contributed by atoms with Gasteiger partial charge in [0.05, 0.1) is 13.2 Å². The number of hydrogen-bond acceptors (Lipinski definition) is 1. The number of rotatable bonds is 2. The number of fused-ring (bicyclic) bond motifs is 1. The van der Waals surface area contributed by atoms with Crippen molar-refractivity contribution in [1.82, 2.24) is 0 Å². The number of methoxy groups -OCH3 is 1. The summed E-state index contributed by atoms with van der Waals surface area (Å²) in [7, 11) is 1.69. The van der Waals surface area contributed by atoms with Crippen molar-refractivity contribution >= 4 is 10.9 Å². The molecular weight excluding hydrogens is 174 g/mol. The van der Waals surface area contributed by atoms with Gasteiger partial charge in [0, 0.05) is 11.5 Å². The lowest BCUT2D eigenvalue weighted by Gasteiger charge is -2.01. The third-order valence-corrected chi connectivity index (χ3v) is 2.43. The molecule has 2 nitrogen and oxygen atoms in total. The van der Waals surface area contributed by atoms with Gasteiger partial charge in [-0.15, -0.1) is 0 Å². The Hall–Kier alpha value is -1.57. The van der Waals surface area contributed by atoms with E-state index in [1.165, 1.54) is 10.9 Å². The number of aromatic nitrogens is 1. The van der Waals surface area contributed by atoms with Gasteiger partial charge in [-0.05, 0) is 25.1 Å². The molecule has 0 amide bonds. The van der Waals surface area contributed by atoms with Crippen molar-refractivity contribution in [2.75, 3.05) is 7.11 Å². The lowest BCUT2D eigenvalue weighted by atomic mass is 10.2. The van der Waals surface area contributed by atoms with Gasteiger partial charge in [-0.2, -0.15) is 4.57 Å². The van der Waals surface area contributed by atoms with Crippen LogP contribution in [0.2, 0.25) is 0 Å². The van der Waals surface area contributed by atoms with E-state index in [-0.39, 0.29) is 0 Å². The Morgan fingerprint density at radius 2 is 2.14 bits per heavy atom. The third-order valence-electron chi connectivity index (χ3n) is 2.43. The van der Waals surface area contributed by atoms with Crippen LogP contribution in [0, 0.1) is 0 Å². The molecule has 14 heavy (non-hydrogen) atoms. The Labute approximate surface area is 83.8 Å². The van der Waals surface area contributed by atoms with Crippen LogP contribution in [-0.4, -0.2) is 7.11 Å². The van der Waals surface area contributed by atoms with E-state index in [9.17, 15) is 0 Å². The number of nitrogens with zero attached hydrogens (tertiary/aromatic N) is 1. The highest BCUT2D eigenvalue weighted by molar-refractivity contribution is 5.76. The molecule has 2 rings (SSSR count). The van der Waals surface area contributed by atoms with Crippen LogP contribution >= 0.6 is 0 Å². The van der Waals surface area contributed by atoms with Crippen molar-refractivity contribution in [2.45, 2.75) is 13.5 Å². The van der Waals surface area contributed by atoms with Crippen LogP contribution in [0.3, 0.4) is 0 Å². The smallest absolute Gasteiger partial charge is 0.216 e. The van der Waals surface area contributed by atoms with Crippen molar-refractivity contribution in [3.8, 4) is 5.75 Å². The van der Waals surface area contributed by atoms with Crippen LogP contribution in [0.4, 0.5) is 0 Å². The first-order valence-electron chi connectivity index (χ1n) is 4.81. The SMILES string of the molecule is CC[n+]1cccc2ccc(OC)cc21. The quantitative estimate of drug-likeness (QED) is 0.658. The van der Waals surface area contributed by atoms with Crippen LogP contribution in [0.15, 0.2) is 36.5 Å². The number of aryl methyl sites for hydroxylation is 1. The molecule has 2 heteroatoms. The Bertz CT molecular complexity index is 451. The van der Waals surface area contributed by atoms with Crippen molar-refractivity contribution in [2.24, 2.45) is 0 Å². The van der Waals surface area contributed by atoms with E-state index >= 15 is 0 Å². The maximum Gasteiger partial charge on any atom is 0.216 e. The Balaban J connectivity index is 2.70.